The number of aromatic nitrogens is 5. The van der Waals surface area contributed by atoms with Crippen LogP contribution in [0.5, 0.6) is 0 Å². The van der Waals surface area contributed by atoms with Crippen molar-refractivity contribution in [3.05, 3.63) is 77.1 Å². The van der Waals surface area contributed by atoms with E-state index in [1.807, 2.05) is 60.4 Å². The molecular weight excluding hydrogens is 482 g/mol. The van der Waals surface area contributed by atoms with Gasteiger partial charge in [-0.1, -0.05) is 75.0 Å². The fourth-order valence-electron chi connectivity index (χ4n) is 4.01. The third kappa shape index (κ3) is 5.99. The number of rotatable bonds is 8. The van der Waals surface area contributed by atoms with Crippen LogP contribution in [0, 0.1) is 13.8 Å². The summed E-state index contributed by atoms with van der Waals surface area (Å²) in [5, 5.41) is 18.2. The van der Waals surface area contributed by atoms with E-state index in [4.69, 9.17) is 0 Å². The third-order valence-electron chi connectivity index (χ3n) is 6.11. The van der Waals surface area contributed by atoms with Crippen LogP contribution in [0.4, 0.5) is 0 Å². The van der Waals surface area contributed by atoms with Crippen molar-refractivity contribution in [1.82, 2.24) is 30.0 Å². The number of para-hydroxylation sites is 1. The monoisotopic (exact) mass is 515 g/mol. The average molecular weight is 516 g/mol. The lowest BCUT2D eigenvalue weighted by Gasteiger charge is -2.19. The Hall–Kier alpha value is -3.72. The zero-order chi connectivity index (χ0) is 26.6. The second-order valence-corrected chi connectivity index (χ2v) is 10.7. The Morgan fingerprint density at radius 2 is 1.76 bits per heavy atom. The number of carbonyl (C=O) groups excluding carboxylic acids is 1. The summed E-state index contributed by atoms with van der Waals surface area (Å²) in [5.41, 5.74) is 8.63. The molecule has 4 aromatic rings. The Labute approximate surface area is 222 Å². The molecule has 0 fully saturated rings. The zero-order valence-electron chi connectivity index (χ0n) is 22.2. The molecule has 9 heteroatoms. The van der Waals surface area contributed by atoms with Crippen molar-refractivity contribution in [1.29, 1.82) is 0 Å². The summed E-state index contributed by atoms with van der Waals surface area (Å²) < 4.78 is 3.90. The molecule has 2 heterocycles. The van der Waals surface area contributed by atoms with Gasteiger partial charge >= 0.3 is 0 Å². The Morgan fingerprint density at radius 3 is 2.41 bits per heavy atom. The number of thioether (sulfide) groups is 1. The Morgan fingerprint density at radius 1 is 1.05 bits per heavy atom. The van der Waals surface area contributed by atoms with Crippen LogP contribution in [-0.4, -0.2) is 42.4 Å². The molecule has 0 atom stereocenters. The molecule has 0 spiro atoms. The molecule has 0 bridgehead atoms. The van der Waals surface area contributed by atoms with Crippen molar-refractivity contribution < 1.29 is 4.79 Å². The van der Waals surface area contributed by atoms with E-state index in [1.54, 1.807) is 6.21 Å². The van der Waals surface area contributed by atoms with Crippen LogP contribution in [0.3, 0.4) is 0 Å². The summed E-state index contributed by atoms with van der Waals surface area (Å²) in [4.78, 5) is 12.5. The maximum atomic E-state index is 12.5. The maximum absolute atomic E-state index is 12.5. The number of hydrazone groups is 1. The lowest BCUT2D eigenvalue weighted by Crippen LogP contribution is -2.20. The molecule has 0 aliphatic carbocycles. The molecule has 192 valence electrons. The van der Waals surface area contributed by atoms with E-state index in [2.05, 4.69) is 70.9 Å². The summed E-state index contributed by atoms with van der Waals surface area (Å²) >= 11 is 1.34. The first-order valence-corrected chi connectivity index (χ1v) is 13.3. The van der Waals surface area contributed by atoms with Crippen molar-refractivity contribution in [3.63, 3.8) is 0 Å². The standard InChI is InChI=1S/C28H33N7OS/c1-7-34-26(21-13-15-22(16-14-21)28(4,5)6)31-32-27(34)37-18-25(36)30-29-17-24-19(2)33-35(20(24)3)23-11-9-8-10-12-23/h8-17H,7,18H2,1-6H3,(H,30,36)/b29-17-. The van der Waals surface area contributed by atoms with Gasteiger partial charge in [0.15, 0.2) is 11.0 Å². The molecule has 0 saturated heterocycles. The van der Waals surface area contributed by atoms with Crippen molar-refractivity contribution in [2.24, 2.45) is 5.10 Å². The highest BCUT2D eigenvalue weighted by atomic mass is 32.2. The van der Waals surface area contributed by atoms with Crippen LogP contribution >= 0.6 is 11.8 Å². The lowest BCUT2D eigenvalue weighted by molar-refractivity contribution is -0.118. The van der Waals surface area contributed by atoms with Gasteiger partial charge in [0.05, 0.1) is 29.0 Å². The van der Waals surface area contributed by atoms with Gasteiger partial charge in [0.2, 0.25) is 0 Å². The molecule has 8 nitrogen and oxygen atoms in total. The predicted molar refractivity (Wildman–Crippen MR) is 149 cm³/mol. The summed E-state index contributed by atoms with van der Waals surface area (Å²) in [6.45, 7) is 13.2. The first kappa shape index (κ1) is 26.3. The fraction of sp³-hybridized carbons (Fsp3) is 0.321. The second-order valence-electron chi connectivity index (χ2n) is 9.79. The van der Waals surface area contributed by atoms with Gasteiger partial charge in [0.1, 0.15) is 0 Å². The highest BCUT2D eigenvalue weighted by Crippen LogP contribution is 2.27. The lowest BCUT2D eigenvalue weighted by atomic mass is 9.87. The van der Waals surface area contributed by atoms with E-state index in [1.165, 1.54) is 17.3 Å². The summed E-state index contributed by atoms with van der Waals surface area (Å²) in [7, 11) is 0. The van der Waals surface area contributed by atoms with Crippen LogP contribution in [0.25, 0.3) is 17.1 Å². The molecule has 0 saturated carbocycles. The number of amides is 1. The number of aryl methyl sites for hydroxylation is 1. The highest BCUT2D eigenvalue weighted by molar-refractivity contribution is 7.99. The summed E-state index contributed by atoms with van der Waals surface area (Å²) in [5.74, 6) is 0.763. The number of hydrogen-bond donors (Lipinski definition) is 1. The largest absolute Gasteiger partial charge is 0.302 e. The van der Waals surface area contributed by atoms with E-state index in [0.717, 1.165) is 34.0 Å². The van der Waals surface area contributed by atoms with E-state index < -0.39 is 0 Å². The predicted octanol–water partition coefficient (Wildman–Crippen LogP) is 5.31. The van der Waals surface area contributed by atoms with Crippen molar-refractivity contribution in [3.8, 4) is 17.1 Å². The molecule has 1 N–H and O–H groups in total. The van der Waals surface area contributed by atoms with Crippen molar-refractivity contribution in [2.75, 3.05) is 5.75 Å². The fourth-order valence-corrected chi connectivity index (χ4v) is 4.80. The SMILES string of the molecule is CCn1c(SCC(=O)N/N=C\c2c(C)nn(-c3ccccc3)c2C)nnc1-c1ccc(C(C)(C)C)cc1. The number of nitrogens with zero attached hydrogens (tertiary/aromatic N) is 6. The average Bonchev–Trinajstić information content (AvgIpc) is 3.43. The maximum Gasteiger partial charge on any atom is 0.250 e. The molecule has 0 aliphatic heterocycles. The third-order valence-corrected chi connectivity index (χ3v) is 7.07. The van der Waals surface area contributed by atoms with Crippen LogP contribution in [-0.2, 0) is 16.8 Å². The van der Waals surface area contributed by atoms with Crippen molar-refractivity contribution in [2.45, 2.75) is 58.7 Å². The zero-order valence-corrected chi connectivity index (χ0v) is 23.0. The van der Waals surface area contributed by atoms with Gasteiger partial charge in [0, 0.05) is 17.7 Å². The molecule has 37 heavy (non-hydrogen) atoms. The van der Waals surface area contributed by atoms with Gasteiger partial charge in [-0.25, -0.2) is 10.1 Å². The summed E-state index contributed by atoms with van der Waals surface area (Å²) in [6, 6.07) is 18.4. The molecule has 2 aromatic carbocycles. The first-order chi connectivity index (χ1) is 17.7. The van der Waals surface area contributed by atoms with Gasteiger partial charge in [-0.15, -0.1) is 10.2 Å². The van der Waals surface area contributed by atoms with Crippen LogP contribution < -0.4 is 5.43 Å². The minimum atomic E-state index is -0.214. The van der Waals surface area contributed by atoms with E-state index in [0.29, 0.717) is 11.7 Å². The molecule has 1 amide bonds. The van der Waals surface area contributed by atoms with Crippen LogP contribution in [0.15, 0.2) is 64.9 Å². The number of benzene rings is 2. The number of nitrogens with one attached hydrogen (secondary N) is 1. The molecule has 0 unspecified atom stereocenters. The van der Waals surface area contributed by atoms with Crippen LogP contribution in [0.1, 0.15) is 50.2 Å². The minimum Gasteiger partial charge on any atom is -0.302 e. The highest BCUT2D eigenvalue weighted by Gasteiger charge is 2.17. The van der Waals surface area contributed by atoms with Crippen LogP contribution in [0.2, 0.25) is 0 Å². The Kier molecular flexibility index (Phi) is 7.92. The molecule has 4 rings (SSSR count). The Balaban J connectivity index is 1.38. The number of hydrogen-bond acceptors (Lipinski definition) is 6. The van der Waals surface area contributed by atoms with E-state index >= 15 is 0 Å². The topological polar surface area (TPSA) is 90.0 Å². The molecular formula is C28H33N7OS. The molecule has 0 radical (unpaired) electrons. The second kappa shape index (κ2) is 11.1. The van der Waals surface area contributed by atoms with Crippen molar-refractivity contribution >= 4 is 23.9 Å². The van der Waals surface area contributed by atoms with E-state index in [-0.39, 0.29) is 17.1 Å². The van der Waals surface area contributed by atoms with Gasteiger partial charge in [0.25, 0.3) is 5.91 Å². The van der Waals surface area contributed by atoms with Gasteiger partial charge in [-0.05, 0) is 43.9 Å². The number of carbonyl (C=O) groups is 1. The smallest absolute Gasteiger partial charge is 0.250 e. The van der Waals surface area contributed by atoms with Gasteiger partial charge in [-0.3, -0.25) is 4.79 Å². The molecule has 2 aromatic heterocycles. The van der Waals surface area contributed by atoms with Gasteiger partial charge in [-0.2, -0.15) is 10.2 Å². The minimum absolute atomic E-state index is 0.0909. The normalized spacial score (nSPS) is 11.8. The Bertz CT molecular complexity index is 1400. The van der Waals surface area contributed by atoms with E-state index in [9.17, 15) is 4.79 Å². The molecule has 0 aliphatic rings. The summed E-state index contributed by atoms with van der Waals surface area (Å²) in [6.07, 6.45) is 1.65. The first-order valence-electron chi connectivity index (χ1n) is 12.3. The van der Waals surface area contributed by atoms with Gasteiger partial charge < -0.3 is 4.57 Å². The quantitative estimate of drug-likeness (QED) is 0.195.